The van der Waals surface area contributed by atoms with E-state index in [-0.39, 0.29) is 55.7 Å². The molecule has 0 aliphatic rings. The van der Waals surface area contributed by atoms with E-state index in [0.717, 1.165) is 6.07 Å². The molecule has 198 valence electrons. The lowest BCUT2D eigenvalue weighted by molar-refractivity contribution is -0.123. The van der Waals surface area contributed by atoms with Crippen molar-refractivity contribution in [1.82, 2.24) is 25.6 Å². The molecule has 1 heterocycles. The van der Waals surface area contributed by atoms with E-state index < -0.39 is 30.4 Å². The van der Waals surface area contributed by atoms with Crippen LogP contribution in [0.4, 0.5) is 17.6 Å². The third-order valence-electron chi connectivity index (χ3n) is 4.74. The minimum Gasteiger partial charge on any atom is -0.487 e. The lowest BCUT2D eigenvalue weighted by atomic mass is 10.2. The van der Waals surface area contributed by atoms with Gasteiger partial charge < -0.3 is 25.2 Å². The molecule has 1 aromatic heterocycles. The number of benzene rings is 2. The second-order valence-electron chi connectivity index (χ2n) is 7.48. The van der Waals surface area contributed by atoms with Crippen molar-refractivity contribution < 1.29 is 41.7 Å². The zero-order chi connectivity index (χ0) is 26.8. The molecule has 0 saturated heterocycles. The molecule has 3 N–H and O–H groups in total. The van der Waals surface area contributed by atoms with Gasteiger partial charge in [0, 0.05) is 18.2 Å². The van der Waals surface area contributed by atoms with Gasteiger partial charge in [0.05, 0.1) is 25.5 Å². The van der Waals surface area contributed by atoms with Crippen LogP contribution < -0.4 is 15.4 Å². The Hall–Kier alpha value is -4.04. The predicted molar refractivity (Wildman–Crippen MR) is 121 cm³/mol. The van der Waals surface area contributed by atoms with E-state index in [1.54, 1.807) is 5.32 Å². The molecule has 3 aromatic rings. The first kappa shape index (κ1) is 27.5. The number of carbonyl (C=O) groups excluding carboxylic acids is 2. The summed E-state index contributed by atoms with van der Waals surface area (Å²) >= 11 is 0. The molecule has 37 heavy (non-hydrogen) atoms. The maximum atomic E-state index is 13.5. The van der Waals surface area contributed by atoms with E-state index in [1.807, 2.05) is 0 Å². The molecule has 0 fully saturated rings. The number of halogens is 4. The van der Waals surface area contributed by atoms with Gasteiger partial charge in [-0.1, -0.05) is 11.3 Å². The SMILES string of the molecule is O=C(NCC(F)(F)F)c1ccc(-n2nnc(C(=O)NCCOCCO)c2COc2cccc(F)c2)cc1. The Bertz CT molecular complexity index is 1200. The number of aliphatic hydroxyl groups is 1. The summed E-state index contributed by atoms with van der Waals surface area (Å²) in [4.78, 5) is 24.7. The molecule has 0 radical (unpaired) electrons. The Kier molecular flexibility index (Phi) is 9.51. The van der Waals surface area contributed by atoms with Crippen LogP contribution in [0, 0.1) is 5.82 Å². The second-order valence-corrected chi connectivity index (χ2v) is 7.48. The fourth-order valence-electron chi connectivity index (χ4n) is 3.05. The van der Waals surface area contributed by atoms with Crippen LogP contribution in [-0.4, -0.2) is 71.0 Å². The largest absolute Gasteiger partial charge is 0.487 e. The van der Waals surface area contributed by atoms with Crippen molar-refractivity contribution in [2.45, 2.75) is 12.8 Å². The summed E-state index contributed by atoms with van der Waals surface area (Å²) in [6.45, 7) is -1.49. The van der Waals surface area contributed by atoms with E-state index in [2.05, 4.69) is 15.6 Å². The number of rotatable bonds is 12. The molecule has 0 saturated carbocycles. The maximum Gasteiger partial charge on any atom is 0.405 e. The number of hydrogen-bond donors (Lipinski definition) is 3. The van der Waals surface area contributed by atoms with Crippen LogP contribution in [-0.2, 0) is 11.3 Å². The zero-order valence-electron chi connectivity index (χ0n) is 19.3. The van der Waals surface area contributed by atoms with E-state index in [9.17, 15) is 27.2 Å². The number of nitrogens with zero attached hydrogens (tertiary/aromatic N) is 3. The van der Waals surface area contributed by atoms with Crippen LogP contribution in [0.15, 0.2) is 48.5 Å². The molecular formula is C23H23F4N5O5. The summed E-state index contributed by atoms with van der Waals surface area (Å²) in [5.74, 6) is -1.85. The topological polar surface area (TPSA) is 128 Å². The molecular weight excluding hydrogens is 502 g/mol. The molecule has 14 heteroatoms. The average Bonchev–Trinajstić information content (AvgIpc) is 3.29. The molecule has 2 aromatic carbocycles. The molecule has 0 aliphatic heterocycles. The van der Waals surface area contributed by atoms with Crippen LogP contribution in [0.5, 0.6) is 5.75 Å². The number of aromatic nitrogens is 3. The van der Waals surface area contributed by atoms with Crippen molar-refractivity contribution in [3.8, 4) is 11.4 Å². The number of aliphatic hydroxyl groups excluding tert-OH is 1. The first-order chi connectivity index (χ1) is 17.7. The third kappa shape index (κ3) is 8.25. The summed E-state index contributed by atoms with van der Waals surface area (Å²) in [6.07, 6.45) is -4.55. The van der Waals surface area contributed by atoms with Gasteiger partial charge in [-0.05, 0) is 36.4 Å². The van der Waals surface area contributed by atoms with Gasteiger partial charge in [0.25, 0.3) is 11.8 Å². The number of nitrogens with one attached hydrogen (secondary N) is 2. The highest BCUT2D eigenvalue weighted by Gasteiger charge is 2.28. The van der Waals surface area contributed by atoms with Gasteiger partial charge >= 0.3 is 6.18 Å². The minimum absolute atomic E-state index is 0.0217. The standard InChI is InChI=1S/C23H23F4N5O5/c24-16-2-1-3-18(12-16)37-13-19-20(22(35)28-8-10-36-11-9-33)30-31-32(19)17-6-4-15(5-7-17)21(34)29-14-23(25,26)27/h1-7,12,33H,8-11,13-14H2,(H,28,35)(H,29,34). The monoisotopic (exact) mass is 525 g/mol. The summed E-state index contributed by atoms with van der Waals surface area (Å²) in [5.41, 5.74) is 0.410. The molecule has 0 aliphatic carbocycles. The molecule has 0 bridgehead atoms. The van der Waals surface area contributed by atoms with Gasteiger partial charge in [-0.3, -0.25) is 9.59 Å². The summed E-state index contributed by atoms with van der Waals surface area (Å²) in [7, 11) is 0. The number of alkyl halides is 3. The predicted octanol–water partition coefficient (Wildman–Crippen LogP) is 2.02. The Morgan fingerprint density at radius 1 is 1.03 bits per heavy atom. The van der Waals surface area contributed by atoms with Crippen molar-refractivity contribution >= 4 is 11.8 Å². The van der Waals surface area contributed by atoms with E-state index in [1.165, 1.54) is 47.1 Å². The smallest absolute Gasteiger partial charge is 0.405 e. The average molecular weight is 525 g/mol. The third-order valence-corrected chi connectivity index (χ3v) is 4.74. The van der Waals surface area contributed by atoms with Crippen molar-refractivity contribution in [3.05, 3.63) is 71.3 Å². The number of hydrogen-bond acceptors (Lipinski definition) is 7. The molecule has 3 rings (SSSR count). The van der Waals surface area contributed by atoms with Crippen LogP contribution >= 0.6 is 0 Å². The molecule has 10 nitrogen and oxygen atoms in total. The normalized spacial score (nSPS) is 11.3. The number of ether oxygens (including phenoxy) is 2. The van der Waals surface area contributed by atoms with E-state index in [0.29, 0.717) is 5.69 Å². The Balaban J connectivity index is 1.80. The highest BCUT2D eigenvalue weighted by molar-refractivity contribution is 5.94. The Labute approximate surface area is 208 Å². The Morgan fingerprint density at radius 3 is 2.46 bits per heavy atom. The van der Waals surface area contributed by atoms with E-state index in [4.69, 9.17) is 14.6 Å². The number of amides is 2. The van der Waals surface area contributed by atoms with Gasteiger partial charge in [-0.15, -0.1) is 5.10 Å². The second kappa shape index (κ2) is 12.8. The van der Waals surface area contributed by atoms with Crippen LogP contribution in [0.2, 0.25) is 0 Å². The first-order valence-electron chi connectivity index (χ1n) is 10.9. The summed E-state index contributed by atoms with van der Waals surface area (Å²) in [5, 5.41) is 21.0. The van der Waals surface area contributed by atoms with Gasteiger partial charge in [-0.2, -0.15) is 13.2 Å². The highest BCUT2D eigenvalue weighted by Crippen LogP contribution is 2.19. The van der Waals surface area contributed by atoms with Crippen molar-refractivity contribution in [2.75, 3.05) is 32.9 Å². The lowest BCUT2D eigenvalue weighted by Crippen LogP contribution is -2.33. The Morgan fingerprint density at radius 2 is 1.78 bits per heavy atom. The van der Waals surface area contributed by atoms with Crippen LogP contribution in [0.1, 0.15) is 26.5 Å². The summed E-state index contributed by atoms with van der Waals surface area (Å²) < 4.78 is 62.6. The highest BCUT2D eigenvalue weighted by atomic mass is 19.4. The van der Waals surface area contributed by atoms with E-state index >= 15 is 0 Å². The first-order valence-corrected chi connectivity index (χ1v) is 10.9. The molecule has 0 atom stereocenters. The quantitative estimate of drug-likeness (QED) is 0.244. The zero-order valence-corrected chi connectivity index (χ0v) is 19.3. The molecule has 2 amide bonds. The fraction of sp³-hybridized carbons (Fsp3) is 0.304. The van der Waals surface area contributed by atoms with Gasteiger partial charge in [-0.25, -0.2) is 9.07 Å². The molecule has 0 spiro atoms. The molecule has 0 unspecified atom stereocenters. The fourth-order valence-corrected chi connectivity index (χ4v) is 3.05. The maximum absolute atomic E-state index is 13.5. The van der Waals surface area contributed by atoms with Crippen molar-refractivity contribution in [3.63, 3.8) is 0 Å². The van der Waals surface area contributed by atoms with Crippen molar-refractivity contribution in [1.29, 1.82) is 0 Å². The van der Waals surface area contributed by atoms with Crippen LogP contribution in [0.25, 0.3) is 5.69 Å². The van der Waals surface area contributed by atoms with Crippen molar-refractivity contribution in [2.24, 2.45) is 0 Å². The lowest BCUT2D eigenvalue weighted by Gasteiger charge is -2.11. The number of carbonyl (C=O) groups is 2. The van der Waals surface area contributed by atoms with Gasteiger partial charge in [0.15, 0.2) is 5.69 Å². The van der Waals surface area contributed by atoms with Crippen LogP contribution in [0.3, 0.4) is 0 Å². The minimum atomic E-state index is -4.55. The van der Waals surface area contributed by atoms with Gasteiger partial charge in [0.2, 0.25) is 0 Å². The summed E-state index contributed by atoms with van der Waals surface area (Å²) in [6, 6.07) is 10.8. The van der Waals surface area contributed by atoms with Gasteiger partial charge in [0.1, 0.15) is 30.4 Å².